The highest BCUT2D eigenvalue weighted by Gasteiger charge is 2.23. The van der Waals surface area contributed by atoms with Crippen LogP contribution in [0, 0.1) is 5.82 Å². The second-order valence-electron chi connectivity index (χ2n) is 7.35. The Bertz CT molecular complexity index is 1350. The summed E-state index contributed by atoms with van der Waals surface area (Å²) in [4.78, 5) is 42.9. The zero-order chi connectivity index (χ0) is 23.4. The van der Waals surface area contributed by atoms with E-state index >= 15 is 0 Å². The molecule has 1 atom stereocenters. The average Bonchev–Trinajstić information content (AvgIpc) is 3.26. The third-order valence-electron chi connectivity index (χ3n) is 5.13. The number of carbonyl (C=O) groups is 2. The van der Waals surface area contributed by atoms with Gasteiger partial charge in [0.15, 0.2) is 0 Å². The first-order chi connectivity index (χ1) is 16.0. The number of ether oxygens (including phenoxy) is 1. The lowest BCUT2D eigenvalue weighted by Crippen LogP contribution is -2.45. The molecule has 0 aliphatic carbocycles. The molecule has 2 aromatic heterocycles. The fourth-order valence-corrected chi connectivity index (χ4v) is 4.41. The van der Waals surface area contributed by atoms with Gasteiger partial charge in [-0.05, 0) is 23.3 Å². The van der Waals surface area contributed by atoms with Crippen molar-refractivity contribution in [2.75, 3.05) is 7.11 Å². The molecule has 4 rings (SSSR count). The molecular formula is C24H20FN3O4S. The average molecular weight is 466 g/mol. The Morgan fingerprint density at radius 2 is 1.88 bits per heavy atom. The van der Waals surface area contributed by atoms with E-state index in [1.165, 1.54) is 41.5 Å². The van der Waals surface area contributed by atoms with Crippen molar-refractivity contribution in [2.45, 2.75) is 19.0 Å². The van der Waals surface area contributed by atoms with Gasteiger partial charge in [0, 0.05) is 17.4 Å². The van der Waals surface area contributed by atoms with Crippen LogP contribution in [0.15, 0.2) is 71.1 Å². The van der Waals surface area contributed by atoms with E-state index in [9.17, 15) is 18.8 Å². The van der Waals surface area contributed by atoms with E-state index in [1.54, 1.807) is 17.5 Å². The number of hydrogen-bond acceptors (Lipinski definition) is 6. The predicted octanol–water partition coefficient (Wildman–Crippen LogP) is 3.16. The number of carbonyl (C=O) groups excluding carboxylic acids is 2. The number of nitrogens with one attached hydrogen (secondary N) is 1. The first-order valence-corrected chi connectivity index (χ1v) is 11.0. The minimum Gasteiger partial charge on any atom is -0.467 e. The van der Waals surface area contributed by atoms with Gasteiger partial charge in [0.2, 0.25) is 5.91 Å². The molecule has 0 spiro atoms. The van der Waals surface area contributed by atoms with Crippen LogP contribution in [0.4, 0.5) is 4.39 Å². The van der Waals surface area contributed by atoms with Crippen LogP contribution in [0.25, 0.3) is 21.3 Å². The van der Waals surface area contributed by atoms with Crippen LogP contribution in [-0.2, 0) is 27.3 Å². The Labute approximate surface area is 192 Å². The summed E-state index contributed by atoms with van der Waals surface area (Å²) in [5.41, 5.74) is 1.76. The molecule has 0 radical (unpaired) electrons. The van der Waals surface area contributed by atoms with E-state index in [4.69, 9.17) is 4.74 Å². The van der Waals surface area contributed by atoms with Gasteiger partial charge in [-0.3, -0.25) is 14.2 Å². The van der Waals surface area contributed by atoms with E-state index in [0.717, 1.165) is 5.56 Å². The Balaban J connectivity index is 1.57. The van der Waals surface area contributed by atoms with Crippen LogP contribution in [0.1, 0.15) is 5.56 Å². The molecule has 1 unspecified atom stereocenters. The third kappa shape index (κ3) is 4.98. The molecule has 2 heterocycles. The third-order valence-corrected chi connectivity index (χ3v) is 6.02. The molecule has 9 heteroatoms. The van der Waals surface area contributed by atoms with Gasteiger partial charge in [0.1, 0.15) is 23.2 Å². The Hall–Kier alpha value is -3.85. The number of fused-ring (bicyclic) bond motifs is 1. The molecule has 0 aliphatic rings. The van der Waals surface area contributed by atoms with E-state index < -0.39 is 23.5 Å². The van der Waals surface area contributed by atoms with Crippen LogP contribution >= 0.6 is 11.3 Å². The zero-order valence-electron chi connectivity index (χ0n) is 17.7. The monoisotopic (exact) mass is 465 g/mol. The molecule has 7 nitrogen and oxygen atoms in total. The number of hydrogen-bond donors (Lipinski definition) is 1. The molecule has 0 aliphatic heterocycles. The van der Waals surface area contributed by atoms with E-state index in [1.807, 2.05) is 30.3 Å². The summed E-state index contributed by atoms with van der Waals surface area (Å²) in [7, 11) is 1.25. The fourth-order valence-electron chi connectivity index (χ4n) is 3.50. The summed E-state index contributed by atoms with van der Waals surface area (Å²) >= 11 is 1.29. The SMILES string of the molecule is COC(=O)C(Cc1ccccc1)NC(=O)Cn1cnc2scc(-c3ccc(F)cc3)c2c1=O. The molecule has 1 N–H and O–H groups in total. The number of methoxy groups -OCH3 is 1. The van der Waals surface area contributed by atoms with E-state index in [0.29, 0.717) is 21.3 Å². The molecule has 0 saturated heterocycles. The van der Waals surface area contributed by atoms with Crippen LogP contribution in [0.5, 0.6) is 0 Å². The maximum absolute atomic E-state index is 13.3. The highest BCUT2D eigenvalue weighted by Crippen LogP contribution is 2.30. The molecule has 2 aromatic carbocycles. The van der Waals surface area contributed by atoms with Crippen LogP contribution in [0.2, 0.25) is 0 Å². The van der Waals surface area contributed by atoms with Crippen molar-refractivity contribution in [3.63, 3.8) is 0 Å². The topological polar surface area (TPSA) is 90.3 Å². The summed E-state index contributed by atoms with van der Waals surface area (Å²) < 4.78 is 19.3. The Morgan fingerprint density at radius 1 is 1.15 bits per heavy atom. The Morgan fingerprint density at radius 3 is 2.58 bits per heavy atom. The lowest BCUT2D eigenvalue weighted by molar-refractivity contribution is -0.145. The predicted molar refractivity (Wildman–Crippen MR) is 123 cm³/mol. The first-order valence-electron chi connectivity index (χ1n) is 10.1. The molecule has 0 bridgehead atoms. The summed E-state index contributed by atoms with van der Waals surface area (Å²) in [6.07, 6.45) is 1.56. The Kier molecular flexibility index (Phi) is 6.60. The number of aromatic nitrogens is 2. The minimum atomic E-state index is -0.895. The lowest BCUT2D eigenvalue weighted by atomic mass is 10.1. The number of halogens is 1. The number of benzene rings is 2. The van der Waals surface area contributed by atoms with Crippen LogP contribution < -0.4 is 10.9 Å². The van der Waals surface area contributed by atoms with Gasteiger partial charge in [-0.1, -0.05) is 42.5 Å². The number of nitrogens with zero attached hydrogens (tertiary/aromatic N) is 2. The second-order valence-corrected chi connectivity index (χ2v) is 8.21. The summed E-state index contributed by atoms with van der Waals surface area (Å²) in [6, 6.07) is 14.1. The van der Waals surface area contributed by atoms with Crippen molar-refractivity contribution in [2.24, 2.45) is 0 Å². The van der Waals surface area contributed by atoms with Crippen molar-refractivity contribution in [1.82, 2.24) is 14.9 Å². The number of esters is 1. The molecule has 0 saturated carbocycles. The van der Waals surface area contributed by atoms with Gasteiger partial charge in [-0.2, -0.15) is 0 Å². The van der Waals surface area contributed by atoms with Gasteiger partial charge in [-0.25, -0.2) is 14.2 Å². The summed E-state index contributed by atoms with van der Waals surface area (Å²) in [5, 5.41) is 4.79. The van der Waals surface area contributed by atoms with E-state index in [2.05, 4.69) is 10.3 Å². The number of rotatable bonds is 7. The summed E-state index contributed by atoms with van der Waals surface area (Å²) in [5.74, 6) is -1.48. The standard InChI is InChI=1S/C24H20FN3O4S/c1-32-24(31)19(11-15-5-3-2-4-6-15)27-20(29)12-28-14-26-22-21(23(28)30)18(13-33-22)16-7-9-17(25)10-8-16/h2-10,13-14,19H,11-12H2,1H3,(H,27,29). The number of amides is 1. The number of thiophene rings is 1. The minimum absolute atomic E-state index is 0.255. The molecule has 168 valence electrons. The van der Waals surface area contributed by atoms with Crippen LogP contribution in [0.3, 0.4) is 0 Å². The largest absolute Gasteiger partial charge is 0.467 e. The summed E-state index contributed by atoms with van der Waals surface area (Å²) in [6.45, 7) is -0.317. The van der Waals surface area contributed by atoms with Crippen molar-refractivity contribution in [1.29, 1.82) is 0 Å². The first kappa shape index (κ1) is 22.3. The van der Waals surface area contributed by atoms with Gasteiger partial charge >= 0.3 is 5.97 Å². The van der Waals surface area contributed by atoms with Crippen molar-refractivity contribution < 1.29 is 18.7 Å². The molecule has 0 fully saturated rings. The highest BCUT2D eigenvalue weighted by molar-refractivity contribution is 7.17. The molecule has 4 aromatic rings. The molecule has 1 amide bonds. The van der Waals surface area contributed by atoms with Gasteiger partial charge < -0.3 is 10.1 Å². The quantitative estimate of drug-likeness (QED) is 0.424. The van der Waals surface area contributed by atoms with Gasteiger partial charge in [0.25, 0.3) is 5.56 Å². The maximum Gasteiger partial charge on any atom is 0.328 e. The van der Waals surface area contributed by atoms with E-state index in [-0.39, 0.29) is 18.8 Å². The van der Waals surface area contributed by atoms with Gasteiger partial charge in [0.05, 0.1) is 18.8 Å². The van der Waals surface area contributed by atoms with Crippen molar-refractivity contribution in [3.8, 4) is 11.1 Å². The second kappa shape index (κ2) is 9.74. The van der Waals surface area contributed by atoms with Crippen molar-refractivity contribution in [3.05, 3.63) is 88.0 Å². The molecular weight excluding hydrogens is 445 g/mol. The zero-order valence-corrected chi connectivity index (χ0v) is 18.5. The smallest absolute Gasteiger partial charge is 0.328 e. The normalized spacial score (nSPS) is 11.8. The lowest BCUT2D eigenvalue weighted by Gasteiger charge is -2.17. The van der Waals surface area contributed by atoms with Gasteiger partial charge in [-0.15, -0.1) is 11.3 Å². The molecule has 33 heavy (non-hydrogen) atoms. The fraction of sp³-hybridized carbons (Fsp3) is 0.167. The van der Waals surface area contributed by atoms with Crippen LogP contribution in [-0.4, -0.2) is 34.6 Å². The maximum atomic E-state index is 13.3. The highest BCUT2D eigenvalue weighted by atomic mass is 32.1. The van der Waals surface area contributed by atoms with Crippen molar-refractivity contribution >= 4 is 33.4 Å².